The SMILES string of the molecule is COc1ccc(C(=O)Nc2nnc([C@@H]3CC(=O)N(c4ccccc4C)C3)s2)cc1OC. The molecule has 1 aliphatic rings. The van der Waals surface area contributed by atoms with Crippen LogP contribution >= 0.6 is 11.3 Å². The van der Waals surface area contributed by atoms with E-state index in [1.54, 1.807) is 23.1 Å². The number of nitrogens with one attached hydrogen (secondary N) is 1. The summed E-state index contributed by atoms with van der Waals surface area (Å²) >= 11 is 1.29. The minimum atomic E-state index is -0.326. The maximum Gasteiger partial charge on any atom is 0.257 e. The van der Waals surface area contributed by atoms with Crippen LogP contribution < -0.4 is 19.7 Å². The van der Waals surface area contributed by atoms with Crippen molar-refractivity contribution >= 4 is 34.0 Å². The van der Waals surface area contributed by atoms with Crippen molar-refractivity contribution in [1.29, 1.82) is 0 Å². The van der Waals surface area contributed by atoms with E-state index in [1.165, 1.54) is 25.6 Å². The highest BCUT2D eigenvalue weighted by Crippen LogP contribution is 2.35. The summed E-state index contributed by atoms with van der Waals surface area (Å²) in [5, 5.41) is 12.2. The standard InChI is InChI=1S/C22H22N4O4S/c1-13-6-4-5-7-16(13)26-12-15(11-19(26)27)21-24-25-22(31-21)23-20(28)14-8-9-17(29-2)18(10-14)30-3/h4-10,15H,11-12H2,1-3H3,(H,23,25,28)/t15-/m1/s1. The number of hydrogen-bond acceptors (Lipinski definition) is 7. The Balaban J connectivity index is 1.46. The second kappa shape index (κ2) is 8.73. The van der Waals surface area contributed by atoms with Crippen molar-refractivity contribution in [2.24, 2.45) is 0 Å². The largest absolute Gasteiger partial charge is 0.493 e. The van der Waals surface area contributed by atoms with E-state index in [2.05, 4.69) is 15.5 Å². The highest BCUT2D eigenvalue weighted by Gasteiger charge is 2.34. The van der Waals surface area contributed by atoms with Gasteiger partial charge in [0.2, 0.25) is 11.0 Å². The quantitative estimate of drug-likeness (QED) is 0.632. The number of hydrogen-bond donors (Lipinski definition) is 1. The minimum Gasteiger partial charge on any atom is -0.493 e. The average molecular weight is 439 g/mol. The van der Waals surface area contributed by atoms with Crippen molar-refractivity contribution in [3.05, 3.63) is 58.6 Å². The molecule has 0 aliphatic carbocycles. The van der Waals surface area contributed by atoms with Crippen molar-refractivity contribution in [1.82, 2.24) is 10.2 Å². The first kappa shape index (κ1) is 20.8. The molecular weight excluding hydrogens is 416 g/mol. The van der Waals surface area contributed by atoms with Gasteiger partial charge in [0.25, 0.3) is 5.91 Å². The zero-order valence-electron chi connectivity index (χ0n) is 17.4. The fourth-order valence-corrected chi connectivity index (χ4v) is 4.40. The first-order valence-electron chi connectivity index (χ1n) is 9.73. The van der Waals surface area contributed by atoms with Gasteiger partial charge in [-0.1, -0.05) is 29.5 Å². The molecule has 1 N–H and O–H groups in total. The third-order valence-electron chi connectivity index (χ3n) is 5.19. The summed E-state index contributed by atoms with van der Waals surface area (Å²) in [6, 6.07) is 12.7. The van der Waals surface area contributed by atoms with Crippen molar-refractivity contribution in [3.63, 3.8) is 0 Å². The molecule has 0 bridgehead atoms. The first-order valence-corrected chi connectivity index (χ1v) is 10.5. The lowest BCUT2D eigenvalue weighted by Crippen LogP contribution is -2.25. The average Bonchev–Trinajstić information content (AvgIpc) is 3.40. The lowest BCUT2D eigenvalue weighted by atomic mass is 10.1. The molecule has 2 heterocycles. The van der Waals surface area contributed by atoms with Crippen molar-refractivity contribution < 1.29 is 19.1 Å². The highest BCUT2D eigenvalue weighted by atomic mass is 32.1. The van der Waals surface area contributed by atoms with Crippen LogP contribution in [-0.2, 0) is 4.79 Å². The molecule has 2 aromatic carbocycles. The monoisotopic (exact) mass is 438 g/mol. The van der Waals surface area contributed by atoms with Crippen LogP contribution in [0.15, 0.2) is 42.5 Å². The normalized spacial score (nSPS) is 15.8. The van der Waals surface area contributed by atoms with Gasteiger partial charge in [0.1, 0.15) is 5.01 Å². The van der Waals surface area contributed by atoms with E-state index < -0.39 is 0 Å². The van der Waals surface area contributed by atoms with Crippen LogP contribution in [0.25, 0.3) is 0 Å². The molecule has 0 unspecified atom stereocenters. The second-order valence-corrected chi connectivity index (χ2v) is 8.17. The van der Waals surface area contributed by atoms with E-state index >= 15 is 0 Å². The van der Waals surface area contributed by atoms with E-state index in [9.17, 15) is 9.59 Å². The number of carbonyl (C=O) groups is 2. The Bertz CT molecular complexity index is 1130. The fraction of sp³-hybridized carbons (Fsp3) is 0.273. The van der Waals surface area contributed by atoms with E-state index in [4.69, 9.17) is 9.47 Å². The van der Waals surface area contributed by atoms with Gasteiger partial charge >= 0.3 is 0 Å². The lowest BCUT2D eigenvalue weighted by molar-refractivity contribution is -0.117. The minimum absolute atomic E-state index is 0.0589. The number of para-hydroxylation sites is 1. The predicted molar refractivity (Wildman–Crippen MR) is 118 cm³/mol. The molecule has 0 saturated carbocycles. The van der Waals surface area contributed by atoms with Crippen LogP contribution in [0.1, 0.15) is 33.3 Å². The van der Waals surface area contributed by atoms with Gasteiger partial charge in [-0.15, -0.1) is 10.2 Å². The molecule has 3 aromatic rings. The summed E-state index contributed by atoms with van der Waals surface area (Å²) < 4.78 is 10.4. The number of nitrogens with zero attached hydrogens (tertiary/aromatic N) is 3. The highest BCUT2D eigenvalue weighted by molar-refractivity contribution is 7.15. The van der Waals surface area contributed by atoms with Crippen molar-refractivity contribution in [2.75, 3.05) is 31.0 Å². The Morgan fingerprint density at radius 2 is 1.90 bits per heavy atom. The molecule has 8 nitrogen and oxygen atoms in total. The molecule has 1 saturated heterocycles. The Hall–Kier alpha value is -3.46. The number of ether oxygens (including phenoxy) is 2. The van der Waals surface area contributed by atoms with Gasteiger partial charge in [-0.2, -0.15) is 0 Å². The van der Waals surface area contributed by atoms with Crippen molar-refractivity contribution in [3.8, 4) is 11.5 Å². The van der Waals surface area contributed by atoms with Crippen LogP contribution in [0.5, 0.6) is 11.5 Å². The number of anilines is 2. The molecule has 0 spiro atoms. The topological polar surface area (TPSA) is 93.7 Å². The number of carbonyl (C=O) groups excluding carboxylic acids is 2. The van der Waals surface area contributed by atoms with E-state index in [0.29, 0.717) is 35.2 Å². The first-order chi connectivity index (χ1) is 15.0. The second-order valence-electron chi connectivity index (χ2n) is 7.16. The predicted octanol–water partition coefficient (Wildman–Crippen LogP) is 3.64. The van der Waals surface area contributed by atoms with Gasteiger partial charge in [-0.05, 0) is 36.8 Å². The Kier molecular flexibility index (Phi) is 5.85. The molecule has 9 heteroatoms. The van der Waals surface area contributed by atoms with Crippen LogP contribution in [0, 0.1) is 6.92 Å². The molecule has 31 heavy (non-hydrogen) atoms. The van der Waals surface area contributed by atoms with E-state index in [-0.39, 0.29) is 17.7 Å². The number of methoxy groups -OCH3 is 2. The molecule has 160 valence electrons. The summed E-state index contributed by atoms with van der Waals surface area (Å²) in [6.07, 6.45) is 0.368. The number of amides is 2. The maximum atomic E-state index is 12.6. The van der Waals surface area contributed by atoms with Gasteiger partial charge in [-0.25, -0.2) is 0 Å². The molecule has 1 fully saturated rings. The Morgan fingerprint density at radius 1 is 1.13 bits per heavy atom. The molecular formula is C22H22N4O4S. The number of benzene rings is 2. The third kappa shape index (κ3) is 4.22. The van der Waals surface area contributed by atoms with E-state index in [1.807, 2.05) is 31.2 Å². The number of aromatic nitrogens is 2. The van der Waals surface area contributed by atoms with E-state index in [0.717, 1.165) is 16.3 Å². The van der Waals surface area contributed by atoms with Crippen LogP contribution in [-0.4, -0.2) is 42.8 Å². The Morgan fingerprint density at radius 3 is 2.65 bits per heavy atom. The summed E-state index contributed by atoms with van der Waals surface area (Å²) in [4.78, 5) is 27.0. The molecule has 1 atom stereocenters. The van der Waals surface area contributed by atoms with Gasteiger partial charge in [-0.3, -0.25) is 14.9 Å². The molecule has 2 amide bonds. The zero-order valence-corrected chi connectivity index (χ0v) is 18.2. The summed E-state index contributed by atoms with van der Waals surface area (Å²) in [5.41, 5.74) is 2.38. The fourth-order valence-electron chi connectivity index (χ4n) is 3.57. The number of rotatable bonds is 6. The van der Waals surface area contributed by atoms with Gasteiger partial charge < -0.3 is 14.4 Å². The number of aryl methyl sites for hydroxylation is 1. The molecule has 0 radical (unpaired) electrons. The molecule has 1 aliphatic heterocycles. The smallest absolute Gasteiger partial charge is 0.257 e. The maximum absolute atomic E-state index is 12.6. The summed E-state index contributed by atoms with van der Waals surface area (Å²) in [6.45, 7) is 2.53. The zero-order chi connectivity index (χ0) is 22.0. The summed E-state index contributed by atoms with van der Waals surface area (Å²) in [5.74, 6) is 0.685. The van der Waals surface area contributed by atoms with Gasteiger partial charge in [0.15, 0.2) is 11.5 Å². The lowest BCUT2D eigenvalue weighted by Gasteiger charge is -2.18. The molecule has 1 aromatic heterocycles. The Labute approximate surface area is 183 Å². The summed E-state index contributed by atoms with van der Waals surface area (Å²) in [7, 11) is 3.05. The van der Waals surface area contributed by atoms with Gasteiger partial charge in [0.05, 0.1) is 14.2 Å². The van der Waals surface area contributed by atoms with Gasteiger partial charge in [0, 0.05) is 30.1 Å². The van der Waals surface area contributed by atoms with Crippen molar-refractivity contribution in [2.45, 2.75) is 19.3 Å². The third-order valence-corrected chi connectivity index (χ3v) is 6.19. The van der Waals surface area contributed by atoms with Crippen LogP contribution in [0.3, 0.4) is 0 Å². The van der Waals surface area contributed by atoms with Crippen LogP contribution in [0.2, 0.25) is 0 Å². The van der Waals surface area contributed by atoms with Crippen LogP contribution in [0.4, 0.5) is 10.8 Å². The molecule has 4 rings (SSSR count).